The van der Waals surface area contributed by atoms with E-state index in [1.165, 1.54) is 4.90 Å². The predicted molar refractivity (Wildman–Crippen MR) is 54.2 cm³/mol. The van der Waals surface area contributed by atoms with E-state index in [1.54, 1.807) is 0 Å². The van der Waals surface area contributed by atoms with Gasteiger partial charge in [0.2, 0.25) is 5.91 Å². The summed E-state index contributed by atoms with van der Waals surface area (Å²) in [6.45, 7) is 4.97. The molecule has 0 N–H and O–H groups in total. The quantitative estimate of drug-likeness (QED) is 0.664. The van der Waals surface area contributed by atoms with Gasteiger partial charge < -0.3 is 4.74 Å². The summed E-state index contributed by atoms with van der Waals surface area (Å²) in [5, 5.41) is 0. The number of imide groups is 1. The molecule has 1 atom stereocenters. The second-order valence-electron chi connectivity index (χ2n) is 5.04. The van der Waals surface area contributed by atoms with Gasteiger partial charge in [-0.3, -0.25) is 4.79 Å². The largest absolute Gasteiger partial charge is 0.447 e. The van der Waals surface area contributed by atoms with Gasteiger partial charge >= 0.3 is 6.09 Å². The topological polar surface area (TPSA) is 46.6 Å². The van der Waals surface area contributed by atoms with Crippen molar-refractivity contribution < 1.29 is 14.3 Å². The second-order valence-corrected chi connectivity index (χ2v) is 5.04. The van der Waals surface area contributed by atoms with Crippen LogP contribution < -0.4 is 0 Å². The Morgan fingerprint density at radius 2 is 2.27 bits per heavy atom. The van der Waals surface area contributed by atoms with Crippen molar-refractivity contribution in [2.75, 3.05) is 13.2 Å². The molecule has 2 fully saturated rings. The molecule has 15 heavy (non-hydrogen) atoms. The van der Waals surface area contributed by atoms with Gasteiger partial charge in [-0.2, -0.15) is 0 Å². The van der Waals surface area contributed by atoms with E-state index in [9.17, 15) is 9.59 Å². The maximum Gasteiger partial charge on any atom is 0.416 e. The van der Waals surface area contributed by atoms with Crippen LogP contribution in [0.3, 0.4) is 0 Å². The minimum atomic E-state index is -0.470. The first-order chi connectivity index (χ1) is 7.02. The van der Waals surface area contributed by atoms with Crippen molar-refractivity contribution in [1.82, 2.24) is 4.90 Å². The summed E-state index contributed by atoms with van der Waals surface area (Å²) in [6.07, 6.45) is 2.57. The van der Waals surface area contributed by atoms with E-state index >= 15 is 0 Å². The van der Waals surface area contributed by atoms with E-state index in [-0.39, 0.29) is 17.2 Å². The van der Waals surface area contributed by atoms with Crippen LogP contribution in [0.2, 0.25) is 0 Å². The first kappa shape index (κ1) is 10.5. The third-order valence-electron chi connectivity index (χ3n) is 3.58. The lowest BCUT2D eigenvalue weighted by atomic mass is 9.81. The van der Waals surface area contributed by atoms with Crippen LogP contribution in [0.1, 0.15) is 33.1 Å². The summed E-state index contributed by atoms with van der Waals surface area (Å²) in [5.74, 6) is -0.0526. The van der Waals surface area contributed by atoms with Crippen molar-refractivity contribution in [3.8, 4) is 0 Å². The number of hydrogen-bond acceptors (Lipinski definition) is 3. The molecule has 4 heteroatoms. The Labute approximate surface area is 89.6 Å². The molecule has 1 aliphatic heterocycles. The SMILES string of the molecule is CC1(C)CCCC1C(=O)N1CCOC1=O. The second kappa shape index (κ2) is 3.51. The molecule has 0 aromatic carbocycles. The van der Waals surface area contributed by atoms with Gasteiger partial charge in [0.1, 0.15) is 6.61 Å². The number of amides is 2. The van der Waals surface area contributed by atoms with Gasteiger partial charge in [0.25, 0.3) is 0 Å². The highest BCUT2D eigenvalue weighted by atomic mass is 16.6. The fourth-order valence-electron chi connectivity index (χ4n) is 2.57. The molecule has 0 spiro atoms. The fourth-order valence-corrected chi connectivity index (χ4v) is 2.57. The number of ether oxygens (including phenoxy) is 1. The molecule has 1 aliphatic carbocycles. The monoisotopic (exact) mass is 211 g/mol. The zero-order chi connectivity index (χ0) is 11.1. The van der Waals surface area contributed by atoms with Gasteiger partial charge in [-0.05, 0) is 18.3 Å². The Morgan fingerprint density at radius 1 is 1.53 bits per heavy atom. The zero-order valence-electron chi connectivity index (χ0n) is 9.28. The van der Waals surface area contributed by atoms with Crippen LogP contribution in [0.25, 0.3) is 0 Å². The maximum absolute atomic E-state index is 12.1. The van der Waals surface area contributed by atoms with Crippen LogP contribution in [0.4, 0.5) is 4.79 Å². The first-order valence-electron chi connectivity index (χ1n) is 5.50. The van der Waals surface area contributed by atoms with Gasteiger partial charge in [-0.1, -0.05) is 20.3 Å². The Bertz CT molecular complexity index is 298. The van der Waals surface area contributed by atoms with Gasteiger partial charge in [0.05, 0.1) is 6.54 Å². The summed E-state index contributed by atoms with van der Waals surface area (Å²) in [5.41, 5.74) is 0.0277. The molecule has 2 rings (SSSR count). The Hall–Kier alpha value is -1.06. The normalized spacial score (nSPS) is 29.3. The average Bonchev–Trinajstić information content (AvgIpc) is 2.70. The van der Waals surface area contributed by atoms with Crippen LogP contribution in [0.15, 0.2) is 0 Å². The predicted octanol–water partition coefficient (Wildman–Crippen LogP) is 1.79. The molecule has 1 saturated heterocycles. The summed E-state index contributed by atoms with van der Waals surface area (Å²) in [4.78, 5) is 24.6. The Kier molecular flexibility index (Phi) is 2.44. The molecule has 1 saturated carbocycles. The third-order valence-corrected chi connectivity index (χ3v) is 3.58. The molecule has 0 bridgehead atoms. The van der Waals surface area contributed by atoms with E-state index in [2.05, 4.69) is 13.8 Å². The highest BCUT2D eigenvalue weighted by Gasteiger charge is 2.43. The number of nitrogens with zero attached hydrogens (tertiary/aromatic N) is 1. The maximum atomic E-state index is 12.1. The fraction of sp³-hybridized carbons (Fsp3) is 0.818. The van der Waals surface area contributed by atoms with E-state index < -0.39 is 6.09 Å². The summed E-state index contributed by atoms with van der Waals surface area (Å²) < 4.78 is 4.78. The summed E-state index contributed by atoms with van der Waals surface area (Å²) in [7, 11) is 0. The summed E-state index contributed by atoms with van der Waals surface area (Å²) in [6, 6.07) is 0. The van der Waals surface area contributed by atoms with Crippen molar-refractivity contribution in [1.29, 1.82) is 0 Å². The highest BCUT2D eigenvalue weighted by molar-refractivity contribution is 5.94. The van der Waals surface area contributed by atoms with Crippen molar-refractivity contribution >= 4 is 12.0 Å². The number of hydrogen-bond donors (Lipinski definition) is 0. The molecule has 0 aromatic heterocycles. The van der Waals surface area contributed by atoms with Crippen LogP contribution in [0.5, 0.6) is 0 Å². The zero-order valence-corrected chi connectivity index (χ0v) is 9.28. The van der Waals surface area contributed by atoms with Crippen molar-refractivity contribution in [2.24, 2.45) is 11.3 Å². The lowest BCUT2D eigenvalue weighted by Crippen LogP contribution is -2.40. The molecule has 2 aliphatic rings. The number of cyclic esters (lactones) is 1. The van der Waals surface area contributed by atoms with E-state index in [1.807, 2.05) is 0 Å². The molecule has 1 heterocycles. The van der Waals surface area contributed by atoms with Crippen LogP contribution in [0, 0.1) is 11.3 Å². The molecule has 0 radical (unpaired) electrons. The number of carbonyl (C=O) groups excluding carboxylic acids is 2. The molecule has 4 nitrogen and oxygen atoms in total. The number of rotatable bonds is 1. The van der Waals surface area contributed by atoms with Gasteiger partial charge in [-0.25, -0.2) is 9.69 Å². The molecule has 2 amide bonds. The van der Waals surface area contributed by atoms with E-state index in [0.29, 0.717) is 13.2 Å². The molecular weight excluding hydrogens is 194 g/mol. The Balaban J connectivity index is 2.10. The average molecular weight is 211 g/mol. The summed E-state index contributed by atoms with van der Waals surface area (Å²) >= 11 is 0. The van der Waals surface area contributed by atoms with Gasteiger partial charge in [0, 0.05) is 5.92 Å². The number of carbonyl (C=O) groups is 2. The minimum Gasteiger partial charge on any atom is -0.447 e. The first-order valence-corrected chi connectivity index (χ1v) is 5.50. The van der Waals surface area contributed by atoms with Crippen LogP contribution in [-0.2, 0) is 9.53 Å². The smallest absolute Gasteiger partial charge is 0.416 e. The molecule has 84 valence electrons. The Morgan fingerprint density at radius 3 is 2.73 bits per heavy atom. The highest BCUT2D eigenvalue weighted by Crippen LogP contribution is 2.43. The standard InChI is InChI=1S/C11H17NO3/c1-11(2)5-3-4-8(11)9(13)12-6-7-15-10(12)14/h8H,3-7H2,1-2H3. The van der Waals surface area contributed by atoms with Crippen molar-refractivity contribution in [3.05, 3.63) is 0 Å². The molecule has 0 aromatic rings. The van der Waals surface area contributed by atoms with E-state index in [4.69, 9.17) is 4.74 Å². The lowest BCUT2D eigenvalue weighted by Gasteiger charge is -2.27. The minimum absolute atomic E-state index is 0.0110. The van der Waals surface area contributed by atoms with Crippen LogP contribution in [-0.4, -0.2) is 30.1 Å². The van der Waals surface area contributed by atoms with Crippen LogP contribution >= 0.6 is 0 Å². The molecule has 1 unspecified atom stereocenters. The lowest BCUT2D eigenvalue weighted by molar-refractivity contribution is -0.134. The van der Waals surface area contributed by atoms with Crippen molar-refractivity contribution in [3.63, 3.8) is 0 Å². The third kappa shape index (κ3) is 1.73. The van der Waals surface area contributed by atoms with Gasteiger partial charge in [0.15, 0.2) is 0 Å². The van der Waals surface area contributed by atoms with Crippen molar-refractivity contribution in [2.45, 2.75) is 33.1 Å². The van der Waals surface area contributed by atoms with E-state index in [0.717, 1.165) is 19.3 Å². The molecular formula is C11H17NO3. The van der Waals surface area contributed by atoms with Gasteiger partial charge in [-0.15, -0.1) is 0 Å².